The maximum atomic E-state index is 12.2. The number of alkyl halides is 3. The molecule has 4 rings (SSSR count). The average Bonchev–Trinajstić information content (AvgIpc) is 2.96. The van der Waals surface area contributed by atoms with E-state index in [1.807, 2.05) is 41.1 Å². The fraction of sp³-hybridized carbons (Fsp3) is 0.294. The molecule has 0 atom stereocenters. The molecule has 2 aromatic heterocycles. The number of fused-ring (bicyclic) bond motifs is 5. The van der Waals surface area contributed by atoms with Gasteiger partial charge in [0, 0.05) is 30.5 Å². The smallest absolute Gasteiger partial charge is 0.415 e. The van der Waals surface area contributed by atoms with Crippen LogP contribution in [0.1, 0.15) is 18.5 Å². The van der Waals surface area contributed by atoms with E-state index in [1.165, 1.54) is 0 Å². The second-order valence-corrected chi connectivity index (χ2v) is 6.67. The molecule has 0 amide bonds. The van der Waals surface area contributed by atoms with E-state index in [0.29, 0.717) is 5.75 Å². The van der Waals surface area contributed by atoms with Crippen LogP contribution < -0.4 is 9.30 Å². The number of halogens is 3. The molecule has 0 saturated carbocycles. The van der Waals surface area contributed by atoms with E-state index < -0.39 is 12.6 Å². The summed E-state index contributed by atoms with van der Waals surface area (Å²) < 4.78 is 46.0. The summed E-state index contributed by atoms with van der Waals surface area (Å²) in [5, 5.41) is 0. The van der Waals surface area contributed by atoms with Gasteiger partial charge in [-0.3, -0.25) is 0 Å². The van der Waals surface area contributed by atoms with Gasteiger partial charge in [0.25, 0.3) is 0 Å². The standard InChI is InChI=1S/C17H15F3N3OS/c18-17(19,20)7-3-9-24-13-6-8-22-12(10-13)11-25-23-15-5-2-1-4-14(15)21-16(22)23/h1-2,4-6,8,10H,3,7,9,11H2/q+1. The van der Waals surface area contributed by atoms with Crippen LogP contribution >= 0.6 is 11.9 Å². The van der Waals surface area contributed by atoms with Crippen LogP contribution in [0, 0.1) is 0 Å². The number of nitrogens with zero attached hydrogens (tertiary/aromatic N) is 3. The third kappa shape index (κ3) is 3.30. The monoisotopic (exact) mass is 366 g/mol. The fourth-order valence-corrected chi connectivity index (χ4v) is 3.81. The van der Waals surface area contributed by atoms with Gasteiger partial charge in [-0.25, -0.2) is 4.57 Å². The van der Waals surface area contributed by atoms with Gasteiger partial charge in [0.15, 0.2) is 11.0 Å². The molecular weight excluding hydrogens is 351 g/mol. The summed E-state index contributed by atoms with van der Waals surface area (Å²) in [4.78, 5) is 4.67. The molecule has 3 aromatic rings. The van der Waals surface area contributed by atoms with Gasteiger partial charge in [-0.2, -0.15) is 17.1 Å². The van der Waals surface area contributed by atoms with Gasteiger partial charge in [-0.05, 0) is 18.6 Å². The molecule has 3 heterocycles. The van der Waals surface area contributed by atoms with Crippen molar-refractivity contribution >= 4 is 23.0 Å². The van der Waals surface area contributed by atoms with Crippen LogP contribution in [0.25, 0.3) is 17.0 Å². The van der Waals surface area contributed by atoms with Gasteiger partial charge in [0.05, 0.1) is 18.6 Å². The van der Waals surface area contributed by atoms with Crippen molar-refractivity contribution < 1.29 is 22.5 Å². The SMILES string of the molecule is FC(F)(F)CCCOc1cc[n+]2c(c1)CSn1c-2nc2ccccc21. The minimum absolute atomic E-state index is 0.0434. The zero-order valence-electron chi connectivity index (χ0n) is 13.2. The largest absolute Gasteiger partial charge is 0.493 e. The number of hydrogen-bond acceptors (Lipinski definition) is 3. The molecule has 1 aromatic carbocycles. The molecule has 8 heteroatoms. The molecule has 1 aliphatic heterocycles. The lowest BCUT2D eigenvalue weighted by atomic mass is 10.3. The second kappa shape index (κ2) is 6.25. The van der Waals surface area contributed by atoms with Gasteiger partial charge in [0.2, 0.25) is 0 Å². The van der Waals surface area contributed by atoms with Gasteiger partial charge in [0.1, 0.15) is 11.4 Å². The van der Waals surface area contributed by atoms with Crippen molar-refractivity contribution in [3.8, 4) is 11.7 Å². The molecule has 130 valence electrons. The second-order valence-electron chi connectivity index (χ2n) is 5.76. The number of hydrogen-bond donors (Lipinski definition) is 0. The van der Waals surface area contributed by atoms with Crippen molar-refractivity contribution in [3.63, 3.8) is 0 Å². The van der Waals surface area contributed by atoms with Crippen molar-refractivity contribution in [1.29, 1.82) is 0 Å². The highest BCUT2D eigenvalue weighted by atomic mass is 32.2. The number of pyridine rings is 1. The summed E-state index contributed by atoms with van der Waals surface area (Å²) in [5.41, 5.74) is 2.99. The highest BCUT2D eigenvalue weighted by Gasteiger charge is 2.29. The van der Waals surface area contributed by atoms with E-state index in [-0.39, 0.29) is 13.0 Å². The minimum Gasteiger partial charge on any atom is -0.493 e. The van der Waals surface area contributed by atoms with Crippen LogP contribution in [0.4, 0.5) is 13.2 Å². The molecule has 25 heavy (non-hydrogen) atoms. The van der Waals surface area contributed by atoms with Crippen LogP contribution in [0.3, 0.4) is 0 Å². The van der Waals surface area contributed by atoms with Crippen LogP contribution in [-0.2, 0) is 5.75 Å². The van der Waals surface area contributed by atoms with Gasteiger partial charge < -0.3 is 4.74 Å². The molecule has 0 unspecified atom stereocenters. The fourth-order valence-electron chi connectivity index (χ4n) is 2.79. The molecule has 0 fully saturated rings. The van der Waals surface area contributed by atoms with Crippen LogP contribution in [0.5, 0.6) is 5.75 Å². The first-order chi connectivity index (χ1) is 12.0. The zero-order chi connectivity index (χ0) is 17.4. The summed E-state index contributed by atoms with van der Waals surface area (Å²) in [7, 11) is 0. The number of rotatable bonds is 4. The number of ether oxygens (including phenoxy) is 1. The van der Waals surface area contributed by atoms with E-state index >= 15 is 0 Å². The molecule has 0 N–H and O–H groups in total. The van der Waals surface area contributed by atoms with Gasteiger partial charge in [-0.15, -0.1) is 0 Å². The first-order valence-corrected chi connectivity index (χ1v) is 8.81. The minimum atomic E-state index is -4.13. The average molecular weight is 366 g/mol. The van der Waals surface area contributed by atoms with Crippen molar-refractivity contribution in [2.75, 3.05) is 6.61 Å². The summed E-state index contributed by atoms with van der Waals surface area (Å²) in [6.07, 6.45) is -3.15. The quantitative estimate of drug-likeness (QED) is 0.516. The normalized spacial score (nSPS) is 13.6. The Kier molecular flexibility index (Phi) is 4.07. The molecule has 0 bridgehead atoms. The van der Waals surface area contributed by atoms with Gasteiger partial charge in [-0.1, -0.05) is 17.1 Å². The van der Waals surface area contributed by atoms with E-state index in [2.05, 4.69) is 8.96 Å². The first-order valence-electron chi connectivity index (χ1n) is 7.86. The number of para-hydroxylation sites is 2. The predicted molar refractivity (Wildman–Crippen MR) is 88.7 cm³/mol. The zero-order valence-corrected chi connectivity index (χ0v) is 14.0. The third-order valence-corrected chi connectivity index (χ3v) is 4.98. The van der Waals surface area contributed by atoms with Crippen LogP contribution in [0.2, 0.25) is 0 Å². The highest BCUT2D eigenvalue weighted by Crippen LogP contribution is 2.29. The summed E-state index contributed by atoms with van der Waals surface area (Å²) in [6, 6.07) is 11.6. The van der Waals surface area contributed by atoms with Crippen molar-refractivity contribution in [3.05, 3.63) is 48.3 Å². The summed E-state index contributed by atoms with van der Waals surface area (Å²) in [5.74, 6) is 2.13. The molecule has 1 aliphatic rings. The summed E-state index contributed by atoms with van der Waals surface area (Å²) >= 11 is 1.64. The lowest BCUT2D eigenvalue weighted by Gasteiger charge is -2.14. The maximum absolute atomic E-state index is 12.2. The van der Waals surface area contributed by atoms with E-state index in [4.69, 9.17) is 4.74 Å². The Balaban J connectivity index is 1.54. The Hall–Kier alpha value is -2.22. The Morgan fingerprint density at radius 3 is 2.92 bits per heavy atom. The van der Waals surface area contributed by atoms with E-state index in [0.717, 1.165) is 28.4 Å². The highest BCUT2D eigenvalue weighted by molar-refractivity contribution is 7.97. The summed E-state index contributed by atoms with van der Waals surface area (Å²) in [6.45, 7) is 0.0502. The number of imidazole rings is 1. The molecule has 4 nitrogen and oxygen atoms in total. The topological polar surface area (TPSA) is 30.9 Å². The molecule has 0 radical (unpaired) electrons. The lowest BCUT2D eigenvalue weighted by Crippen LogP contribution is -2.40. The Morgan fingerprint density at radius 1 is 1.24 bits per heavy atom. The lowest BCUT2D eigenvalue weighted by molar-refractivity contribution is -0.612. The van der Waals surface area contributed by atoms with Gasteiger partial charge >= 0.3 is 12.1 Å². The van der Waals surface area contributed by atoms with Crippen LogP contribution in [0.15, 0.2) is 42.6 Å². The Labute approximate surface area is 146 Å². The van der Waals surface area contributed by atoms with Crippen LogP contribution in [-0.4, -0.2) is 21.7 Å². The Morgan fingerprint density at radius 2 is 2.08 bits per heavy atom. The predicted octanol–water partition coefficient (Wildman–Crippen LogP) is 4.04. The van der Waals surface area contributed by atoms with E-state index in [1.54, 1.807) is 18.0 Å². The number of benzene rings is 1. The Bertz CT molecular complexity index is 923. The third-order valence-electron chi connectivity index (χ3n) is 3.94. The van der Waals surface area contributed by atoms with Crippen molar-refractivity contribution in [2.24, 2.45) is 0 Å². The van der Waals surface area contributed by atoms with E-state index in [9.17, 15) is 13.2 Å². The number of aromatic nitrogens is 3. The van der Waals surface area contributed by atoms with Crippen molar-refractivity contribution in [2.45, 2.75) is 24.8 Å². The molecule has 0 saturated heterocycles. The molecule has 0 aliphatic carbocycles. The van der Waals surface area contributed by atoms with Crippen molar-refractivity contribution in [1.82, 2.24) is 8.96 Å². The first kappa shape index (κ1) is 16.3. The molecule has 0 spiro atoms. The molecular formula is C17H15F3N3OS+. The maximum Gasteiger partial charge on any atom is 0.415 e.